The first-order valence-electron chi connectivity index (χ1n) is 16.0. The zero-order valence-corrected chi connectivity index (χ0v) is 30.0. The topological polar surface area (TPSA) is 132 Å². The van der Waals surface area contributed by atoms with Crippen LogP contribution in [0.2, 0.25) is 0 Å². The Balaban J connectivity index is 5.96. The number of esters is 2. The molecular weight excluding hydrogens is 580 g/mol. The van der Waals surface area contributed by atoms with E-state index in [0.29, 0.717) is 19.3 Å². The molecule has 0 aromatic carbocycles. The number of alkyl carbamates (subject to hydrolysis) is 1. The van der Waals surface area contributed by atoms with E-state index < -0.39 is 48.4 Å². The Kier molecular flexibility index (Phi) is 18.9. The molecule has 2 amide bonds. The number of rotatable bonds is 20. The summed E-state index contributed by atoms with van der Waals surface area (Å²) < 4.78 is 16.7. The molecule has 0 fully saturated rings. The number of Topliss-reactive ketones (excluding diaryl/α,β-unsaturated/α-hetero) is 1. The quantitative estimate of drug-likeness (QED) is 0.0694. The number of ether oxygens (including phenoxy) is 3. The molecule has 260 valence electrons. The summed E-state index contributed by atoms with van der Waals surface area (Å²) >= 11 is 0. The predicted octanol–water partition coefficient (Wildman–Crippen LogP) is 3.77. The highest BCUT2D eigenvalue weighted by Gasteiger charge is 2.40. The number of hydrogen-bond acceptors (Lipinski definition) is 9. The molecule has 0 bridgehead atoms. The minimum atomic E-state index is -1.14. The van der Waals surface area contributed by atoms with E-state index in [1.54, 1.807) is 0 Å². The molecule has 0 rings (SSSR count). The van der Waals surface area contributed by atoms with Crippen LogP contribution in [0.5, 0.6) is 0 Å². The molecule has 0 aromatic heterocycles. The van der Waals surface area contributed by atoms with Gasteiger partial charge in [0.1, 0.15) is 24.7 Å². The third-order valence-corrected chi connectivity index (χ3v) is 7.51. The fourth-order valence-electron chi connectivity index (χ4n) is 4.74. The molecule has 0 spiro atoms. The SMILES string of the molecule is C/C=C/C[C@@H](C)[C@@H](OC(=O)CN(C)C(=O)[C@H](CCCC[N+](C)(C)C)NC(=O)OC(C)OC(C)=O)[C@@H](C(=O)C(C)C)N(C)C(C)C. The van der Waals surface area contributed by atoms with Crippen LogP contribution in [0, 0.1) is 11.8 Å². The molecule has 0 radical (unpaired) electrons. The lowest BCUT2D eigenvalue weighted by atomic mass is 9.87. The molecule has 1 unspecified atom stereocenters. The fraction of sp³-hybridized carbons (Fsp3) is 0.788. The van der Waals surface area contributed by atoms with Crippen molar-refractivity contribution in [2.24, 2.45) is 11.8 Å². The van der Waals surface area contributed by atoms with E-state index in [-0.39, 0.29) is 30.2 Å². The Morgan fingerprint density at radius 2 is 1.49 bits per heavy atom. The van der Waals surface area contributed by atoms with Gasteiger partial charge in [-0.05, 0) is 59.4 Å². The van der Waals surface area contributed by atoms with Crippen molar-refractivity contribution in [1.29, 1.82) is 0 Å². The number of carbonyl (C=O) groups is 5. The second-order valence-electron chi connectivity index (χ2n) is 13.5. The average Bonchev–Trinajstić information content (AvgIpc) is 2.90. The van der Waals surface area contributed by atoms with Gasteiger partial charge in [-0.3, -0.25) is 24.1 Å². The van der Waals surface area contributed by atoms with Gasteiger partial charge < -0.3 is 28.9 Å². The number of ketones is 1. The zero-order valence-electron chi connectivity index (χ0n) is 30.0. The van der Waals surface area contributed by atoms with Gasteiger partial charge in [-0.15, -0.1) is 0 Å². The number of nitrogens with zero attached hydrogens (tertiary/aromatic N) is 3. The van der Waals surface area contributed by atoms with Crippen molar-refractivity contribution in [3.05, 3.63) is 12.2 Å². The van der Waals surface area contributed by atoms with Gasteiger partial charge in [-0.2, -0.15) is 0 Å². The van der Waals surface area contributed by atoms with Crippen molar-refractivity contribution in [2.45, 2.75) is 112 Å². The Labute approximate surface area is 271 Å². The van der Waals surface area contributed by atoms with Crippen molar-refractivity contribution in [2.75, 3.05) is 48.3 Å². The van der Waals surface area contributed by atoms with Gasteiger partial charge in [0, 0.05) is 32.9 Å². The molecule has 0 saturated heterocycles. The molecule has 5 atom stereocenters. The minimum absolute atomic E-state index is 0.0179. The van der Waals surface area contributed by atoms with Crippen LogP contribution in [-0.4, -0.2) is 123 Å². The first-order valence-corrected chi connectivity index (χ1v) is 16.0. The number of allylic oxidation sites excluding steroid dienone is 2. The summed E-state index contributed by atoms with van der Waals surface area (Å²) in [5, 5.41) is 2.57. The van der Waals surface area contributed by atoms with E-state index >= 15 is 0 Å². The number of hydrogen-bond donors (Lipinski definition) is 1. The van der Waals surface area contributed by atoms with Crippen molar-refractivity contribution in [3.63, 3.8) is 0 Å². The van der Waals surface area contributed by atoms with Crippen LogP contribution in [0.4, 0.5) is 4.79 Å². The Morgan fingerprint density at radius 3 is 1.98 bits per heavy atom. The first-order chi connectivity index (χ1) is 20.7. The fourth-order valence-corrected chi connectivity index (χ4v) is 4.74. The molecule has 0 aliphatic carbocycles. The first kappa shape index (κ1) is 42.0. The van der Waals surface area contributed by atoms with Gasteiger partial charge >= 0.3 is 18.0 Å². The van der Waals surface area contributed by atoms with Crippen molar-refractivity contribution < 1.29 is 42.7 Å². The highest BCUT2D eigenvalue weighted by Crippen LogP contribution is 2.24. The lowest BCUT2D eigenvalue weighted by molar-refractivity contribution is -0.870. The molecule has 0 aliphatic rings. The van der Waals surface area contributed by atoms with Crippen molar-refractivity contribution in [1.82, 2.24) is 15.1 Å². The lowest BCUT2D eigenvalue weighted by Gasteiger charge is -2.39. The monoisotopic (exact) mass is 641 g/mol. The van der Waals surface area contributed by atoms with Crippen molar-refractivity contribution >= 4 is 29.7 Å². The number of likely N-dealkylation sites (N-methyl/N-ethyl adjacent to an activating group) is 2. The summed E-state index contributed by atoms with van der Waals surface area (Å²) in [6, 6.07) is -1.64. The van der Waals surface area contributed by atoms with Crippen LogP contribution in [0.15, 0.2) is 12.2 Å². The summed E-state index contributed by atoms with van der Waals surface area (Å²) in [5.74, 6) is -2.25. The molecule has 12 nitrogen and oxygen atoms in total. The third kappa shape index (κ3) is 16.8. The molecule has 0 heterocycles. The number of amides is 2. The summed E-state index contributed by atoms with van der Waals surface area (Å²) in [4.78, 5) is 67.3. The van der Waals surface area contributed by atoms with Crippen LogP contribution < -0.4 is 5.32 Å². The molecular formula is C33H61N4O8+. The third-order valence-electron chi connectivity index (χ3n) is 7.51. The highest BCUT2D eigenvalue weighted by molar-refractivity contribution is 5.89. The zero-order chi connectivity index (χ0) is 35.1. The van der Waals surface area contributed by atoms with Gasteiger partial charge in [-0.25, -0.2) is 4.79 Å². The summed E-state index contributed by atoms with van der Waals surface area (Å²) in [6.07, 6.45) is 3.43. The van der Waals surface area contributed by atoms with Gasteiger partial charge in [0.25, 0.3) is 0 Å². The molecule has 0 saturated carbocycles. The number of unbranched alkanes of at least 4 members (excludes halogenated alkanes) is 1. The normalized spacial score (nSPS) is 15.4. The summed E-state index contributed by atoms with van der Waals surface area (Å²) in [5.41, 5.74) is 0. The molecule has 0 aliphatic heterocycles. The molecule has 45 heavy (non-hydrogen) atoms. The van der Waals surface area contributed by atoms with E-state index in [1.807, 2.05) is 65.6 Å². The smallest absolute Gasteiger partial charge is 0.410 e. The second-order valence-corrected chi connectivity index (χ2v) is 13.5. The Bertz CT molecular complexity index is 992. The van der Waals surface area contributed by atoms with Crippen LogP contribution >= 0.6 is 0 Å². The number of quaternary nitrogens is 1. The average molecular weight is 642 g/mol. The van der Waals surface area contributed by atoms with E-state index in [9.17, 15) is 24.0 Å². The van der Waals surface area contributed by atoms with Gasteiger partial charge in [0.2, 0.25) is 12.2 Å². The summed E-state index contributed by atoms with van der Waals surface area (Å²) in [6.45, 7) is 14.5. The molecule has 12 heteroatoms. The molecule has 1 N–H and O–H groups in total. The maximum atomic E-state index is 13.5. The van der Waals surface area contributed by atoms with E-state index in [2.05, 4.69) is 26.5 Å². The maximum absolute atomic E-state index is 13.5. The van der Waals surface area contributed by atoms with E-state index in [0.717, 1.165) is 17.4 Å². The van der Waals surface area contributed by atoms with Crippen LogP contribution in [0.1, 0.15) is 81.1 Å². The minimum Gasteiger partial charge on any atom is -0.459 e. The predicted molar refractivity (Wildman–Crippen MR) is 174 cm³/mol. The Hall–Kier alpha value is -2.99. The van der Waals surface area contributed by atoms with Gasteiger partial charge in [0.05, 0.1) is 27.7 Å². The van der Waals surface area contributed by atoms with Gasteiger partial charge in [0.15, 0.2) is 5.78 Å². The molecule has 0 aromatic rings. The number of nitrogens with one attached hydrogen (secondary N) is 1. The lowest BCUT2D eigenvalue weighted by Crippen LogP contribution is -2.55. The number of carbonyl (C=O) groups excluding carboxylic acids is 5. The standard InChI is InChI=1S/C33H60N4O8/c1-14-15-18-24(6)31(29(30(40)22(2)3)36(10)23(4)5)45-28(39)21-35(9)32(41)27(19-16-17-20-37(11,12)13)34-33(42)44-26(8)43-25(7)38/h14-15,22-24,26-27,29,31H,16-21H2,1-13H3/p+1/b15-14+/t24-,26?,27+,29-,31-/m1/s1. The second kappa shape index (κ2) is 20.2. The van der Waals surface area contributed by atoms with E-state index in [1.165, 1.54) is 25.8 Å². The van der Waals surface area contributed by atoms with Crippen LogP contribution in [0.25, 0.3) is 0 Å². The van der Waals surface area contributed by atoms with Crippen molar-refractivity contribution in [3.8, 4) is 0 Å². The Morgan fingerprint density at radius 1 is 0.889 bits per heavy atom. The maximum Gasteiger partial charge on any atom is 0.410 e. The van der Waals surface area contributed by atoms with Gasteiger partial charge in [-0.1, -0.05) is 32.9 Å². The highest BCUT2D eigenvalue weighted by atomic mass is 16.7. The van der Waals surface area contributed by atoms with Crippen LogP contribution in [-0.2, 0) is 33.4 Å². The summed E-state index contributed by atoms with van der Waals surface area (Å²) in [7, 11) is 9.52. The largest absolute Gasteiger partial charge is 0.459 e. The van der Waals surface area contributed by atoms with Crippen LogP contribution in [0.3, 0.4) is 0 Å². The van der Waals surface area contributed by atoms with E-state index in [4.69, 9.17) is 14.2 Å².